The molecule has 3 heteroatoms. The summed E-state index contributed by atoms with van der Waals surface area (Å²) in [6.45, 7) is 3.98. The van der Waals surface area contributed by atoms with Crippen molar-refractivity contribution in [2.75, 3.05) is 26.2 Å². The number of nitrogens with zero attached hydrogens (tertiary/aromatic N) is 2. The standard InChI is InChI=1S/C30H32N2O/c1-4-12-24(13-5-1)28-22-27(31-33-21-20-32-18-10-11-19-32)23-29(25-14-6-2-7-15-25)30(28)26-16-8-3-9-17-26/h1-9,12-17,22,29-30H,10-11,18-21,23H2/b31-27-/t29-,30+/m1/s1. The first kappa shape index (κ1) is 21.7. The van der Waals surface area contributed by atoms with Crippen LogP contribution in [0.2, 0.25) is 0 Å². The van der Waals surface area contributed by atoms with Crippen LogP contribution in [0.5, 0.6) is 0 Å². The normalized spacial score (nSPS) is 22.3. The molecule has 0 bridgehead atoms. The summed E-state index contributed by atoms with van der Waals surface area (Å²) in [7, 11) is 0. The first-order chi connectivity index (χ1) is 16.4. The smallest absolute Gasteiger partial charge is 0.129 e. The molecular formula is C30H32N2O. The Morgan fingerprint density at radius 3 is 2.03 bits per heavy atom. The Morgan fingerprint density at radius 2 is 1.36 bits per heavy atom. The minimum atomic E-state index is 0.263. The third kappa shape index (κ3) is 5.26. The molecule has 1 heterocycles. The van der Waals surface area contributed by atoms with Crippen molar-refractivity contribution in [2.24, 2.45) is 5.16 Å². The van der Waals surface area contributed by atoms with Crippen LogP contribution in [0.1, 0.15) is 47.8 Å². The van der Waals surface area contributed by atoms with Gasteiger partial charge in [-0.1, -0.05) is 96.2 Å². The van der Waals surface area contributed by atoms with Crippen LogP contribution in [0.15, 0.2) is 102 Å². The molecule has 1 saturated heterocycles. The van der Waals surface area contributed by atoms with Crippen LogP contribution in [0.3, 0.4) is 0 Å². The predicted octanol–water partition coefficient (Wildman–Crippen LogP) is 6.51. The molecule has 168 valence electrons. The second kappa shape index (κ2) is 10.6. The van der Waals surface area contributed by atoms with E-state index in [9.17, 15) is 0 Å². The van der Waals surface area contributed by atoms with E-state index < -0.39 is 0 Å². The second-order valence-corrected chi connectivity index (χ2v) is 9.04. The zero-order valence-corrected chi connectivity index (χ0v) is 19.1. The molecule has 3 aromatic rings. The van der Waals surface area contributed by atoms with E-state index in [-0.39, 0.29) is 5.92 Å². The van der Waals surface area contributed by atoms with Crippen molar-refractivity contribution in [3.63, 3.8) is 0 Å². The molecule has 0 radical (unpaired) electrons. The molecule has 0 amide bonds. The number of oxime groups is 1. The van der Waals surface area contributed by atoms with E-state index in [1.54, 1.807) is 0 Å². The van der Waals surface area contributed by atoms with Gasteiger partial charge >= 0.3 is 0 Å². The Hall–Kier alpha value is -3.17. The summed E-state index contributed by atoms with van der Waals surface area (Å²) in [4.78, 5) is 8.31. The fourth-order valence-corrected chi connectivity index (χ4v) is 5.23. The van der Waals surface area contributed by atoms with Gasteiger partial charge in [0.1, 0.15) is 6.61 Å². The molecule has 2 atom stereocenters. The maximum Gasteiger partial charge on any atom is 0.129 e. The topological polar surface area (TPSA) is 24.8 Å². The summed E-state index contributed by atoms with van der Waals surface area (Å²) < 4.78 is 0. The molecule has 33 heavy (non-hydrogen) atoms. The van der Waals surface area contributed by atoms with Gasteiger partial charge in [0.05, 0.1) is 5.71 Å². The molecule has 5 rings (SSSR count). The van der Waals surface area contributed by atoms with Crippen LogP contribution in [0.25, 0.3) is 5.57 Å². The quantitative estimate of drug-likeness (QED) is 0.311. The van der Waals surface area contributed by atoms with Crippen LogP contribution in [0.4, 0.5) is 0 Å². The highest BCUT2D eigenvalue weighted by Crippen LogP contribution is 2.47. The van der Waals surface area contributed by atoms with Gasteiger partial charge in [-0.2, -0.15) is 0 Å². The van der Waals surface area contributed by atoms with Gasteiger partial charge in [0.15, 0.2) is 0 Å². The van der Waals surface area contributed by atoms with E-state index in [0.717, 1.165) is 18.7 Å². The fourth-order valence-electron chi connectivity index (χ4n) is 5.23. The minimum Gasteiger partial charge on any atom is -0.394 e. The maximum atomic E-state index is 5.85. The van der Waals surface area contributed by atoms with E-state index in [1.807, 2.05) is 0 Å². The Morgan fingerprint density at radius 1 is 0.758 bits per heavy atom. The highest BCUT2D eigenvalue weighted by molar-refractivity contribution is 6.04. The number of benzene rings is 3. The number of hydrogen-bond acceptors (Lipinski definition) is 3. The van der Waals surface area contributed by atoms with Gasteiger partial charge in [0.2, 0.25) is 0 Å². The first-order valence-corrected chi connectivity index (χ1v) is 12.2. The van der Waals surface area contributed by atoms with Crippen molar-refractivity contribution in [2.45, 2.75) is 31.1 Å². The molecule has 1 aliphatic heterocycles. The van der Waals surface area contributed by atoms with Crippen LogP contribution >= 0.6 is 0 Å². The zero-order chi connectivity index (χ0) is 22.3. The lowest BCUT2D eigenvalue weighted by molar-refractivity contribution is 0.118. The summed E-state index contributed by atoms with van der Waals surface area (Å²) in [5.74, 6) is 0.564. The summed E-state index contributed by atoms with van der Waals surface area (Å²) in [6.07, 6.45) is 5.74. The highest BCUT2D eigenvalue weighted by atomic mass is 16.6. The highest BCUT2D eigenvalue weighted by Gasteiger charge is 2.33. The minimum absolute atomic E-state index is 0.263. The molecule has 0 unspecified atom stereocenters. The van der Waals surface area contributed by atoms with Crippen molar-refractivity contribution in [3.8, 4) is 0 Å². The number of hydrogen-bond donors (Lipinski definition) is 0. The summed E-state index contributed by atoms with van der Waals surface area (Å²) in [5.41, 5.74) is 6.27. The zero-order valence-electron chi connectivity index (χ0n) is 19.1. The average molecular weight is 437 g/mol. The summed E-state index contributed by atoms with van der Waals surface area (Å²) in [6, 6.07) is 32.5. The van der Waals surface area contributed by atoms with Gasteiger partial charge in [0, 0.05) is 24.8 Å². The molecule has 0 spiro atoms. The van der Waals surface area contributed by atoms with E-state index in [1.165, 1.54) is 48.2 Å². The van der Waals surface area contributed by atoms with Gasteiger partial charge in [-0.25, -0.2) is 0 Å². The number of rotatable bonds is 7. The second-order valence-electron chi connectivity index (χ2n) is 9.04. The lowest BCUT2D eigenvalue weighted by atomic mass is 9.69. The van der Waals surface area contributed by atoms with E-state index in [2.05, 4.69) is 107 Å². The molecular weight excluding hydrogens is 404 g/mol. The van der Waals surface area contributed by atoms with Gasteiger partial charge in [0.25, 0.3) is 0 Å². The molecule has 0 aromatic heterocycles. The monoisotopic (exact) mass is 436 g/mol. The van der Waals surface area contributed by atoms with Crippen LogP contribution in [-0.4, -0.2) is 36.9 Å². The fraction of sp³-hybridized carbons (Fsp3) is 0.300. The predicted molar refractivity (Wildman–Crippen MR) is 136 cm³/mol. The SMILES string of the molecule is C1=C(c2ccccc2)[C@H](c2ccccc2)[C@@H](c2ccccc2)C/C1=N\OCCN1CCCC1. The van der Waals surface area contributed by atoms with Crippen LogP contribution < -0.4 is 0 Å². The van der Waals surface area contributed by atoms with Crippen molar-refractivity contribution in [3.05, 3.63) is 114 Å². The van der Waals surface area contributed by atoms with E-state index in [0.29, 0.717) is 12.5 Å². The molecule has 0 saturated carbocycles. The van der Waals surface area contributed by atoms with Gasteiger partial charge in [-0.3, -0.25) is 4.90 Å². The van der Waals surface area contributed by atoms with Crippen molar-refractivity contribution < 1.29 is 4.84 Å². The Kier molecular flexibility index (Phi) is 6.98. The average Bonchev–Trinajstić information content (AvgIpc) is 3.41. The summed E-state index contributed by atoms with van der Waals surface area (Å²) in [5, 5.41) is 4.64. The largest absolute Gasteiger partial charge is 0.394 e. The van der Waals surface area contributed by atoms with Crippen molar-refractivity contribution in [1.82, 2.24) is 4.90 Å². The molecule has 1 fully saturated rings. The van der Waals surface area contributed by atoms with Crippen LogP contribution in [-0.2, 0) is 4.84 Å². The number of likely N-dealkylation sites (tertiary alicyclic amines) is 1. The third-order valence-corrected chi connectivity index (χ3v) is 6.86. The third-order valence-electron chi connectivity index (χ3n) is 6.86. The maximum absolute atomic E-state index is 5.85. The Balaban J connectivity index is 1.49. The van der Waals surface area contributed by atoms with E-state index in [4.69, 9.17) is 4.84 Å². The molecule has 0 N–H and O–H groups in total. The van der Waals surface area contributed by atoms with Crippen molar-refractivity contribution in [1.29, 1.82) is 0 Å². The first-order valence-electron chi connectivity index (χ1n) is 12.2. The molecule has 2 aliphatic rings. The molecule has 1 aliphatic carbocycles. The van der Waals surface area contributed by atoms with Crippen LogP contribution in [0, 0.1) is 0 Å². The van der Waals surface area contributed by atoms with E-state index >= 15 is 0 Å². The lowest BCUT2D eigenvalue weighted by Crippen LogP contribution is -2.24. The lowest BCUT2D eigenvalue weighted by Gasteiger charge is -2.34. The van der Waals surface area contributed by atoms with Gasteiger partial charge in [-0.15, -0.1) is 0 Å². The molecule has 3 nitrogen and oxygen atoms in total. The Labute approximate surface area is 197 Å². The summed E-state index contributed by atoms with van der Waals surface area (Å²) >= 11 is 0. The Bertz CT molecular complexity index is 1070. The molecule has 3 aromatic carbocycles. The van der Waals surface area contributed by atoms with Gasteiger partial charge in [-0.05, 0) is 54.3 Å². The number of allylic oxidation sites excluding steroid dienone is 2. The van der Waals surface area contributed by atoms with Crippen molar-refractivity contribution >= 4 is 11.3 Å². The van der Waals surface area contributed by atoms with Gasteiger partial charge < -0.3 is 4.84 Å².